The topological polar surface area (TPSA) is 49.9 Å². The Hall–Kier alpha value is -2.68. The van der Waals surface area contributed by atoms with Crippen molar-refractivity contribution >= 4 is 33.2 Å². The molecule has 0 saturated carbocycles. The number of hydrogen-bond acceptors (Lipinski definition) is 2. The van der Waals surface area contributed by atoms with E-state index in [1.165, 1.54) is 6.08 Å². The molecule has 0 radical (unpaired) electrons. The fourth-order valence-electron chi connectivity index (χ4n) is 2.91. The van der Waals surface area contributed by atoms with Crippen LogP contribution < -0.4 is 0 Å². The lowest BCUT2D eigenvalue weighted by molar-refractivity contribution is 0.0983. The van der Waals surface area contributed by atoms with Crippen molar-refractivity contribution in [2.24, 2.45) is 0 Å². The zero-order valence-corrected chi connectivity index (χ0v) is 10.9. The molecular formula is C17H11NO2. The molecule has 0 atom stereocenters. The van der Waals surface area contributed by atoms with E-state index in [1.807, 2.05) is 36.4 Å². The average Bonchev–Trinajstić information content (AvgIpc) is 2.85. The molecule has 1 aliphatic rings. The van der Waals surface area contributed by atoms with E-state index in [9.17, 15) is 9.59 Å². The van der Waals surface area contributed by atoms with E-state index in [-0.39, 0.29) is 11.6 Å². The van der Waals surface area contributed by atoms with Crippen LogP contribution in [0.1, 0.15) is 27.8 Å². The summed E-state index contributed by atoms with van der Waals surface area (Å²) in [6, 6.07) is 11.8. The van der Waals surface area contributed by atoms with Crippen LogP contribution in [0.15, 0.2) is 48.0 Å². The van der Waals surface area contributed by atoms with E-state index in [2.05, 4.69) is 4.98 Å². The molecule has 3 aromatic rings. The van der Waals surface area contributed by atoms with Crippen molar-refractivity contribution in [3.8, 4) is 0 Å². The fraction of sp³-hybridized carbons (Fsp3) is 0.0588. The number of benzene rings is 2. The van der Waals surface area contributed by atoms with Crippen LogP contribution >= 0.6 is 0 Å². The number of allylic oxidation sites excluding steroid dienone is 2. The van der Waals surface area contributed by atoms with Gasteiger partial charge in [-0.3, -0.25) is 9.59 Å². The summed E-state index contributed by atoms with van der Waals surface area (Å²) in [6.45, 7) is 1.69. The van der Waals surface area contributed by atoms with Crippen LogP contribution in [-0.4, -0.2) is 16.6 Å². The van der Waals surface area contributed by atoms with Crippen molar-refractivity contribution < 1.29 is 9.59 Å². The van der Waals surface area contributed by atoms with Gasteiger partial charge in [-0.1, -0.05) is 30.3 Å². The van der Waals surface area contributed by atoms with Gasteiger partial charge in [-0.05, 0) is 29.8 Å². The Bertz CT molecular complexity index is 944. The molecule has 0 fully saturated rings. The number of fused-ring (bicyclic) bond motifs is 5. The highest BCUT2D eigenvalue weighted by molar-refractivity contribution is 6.31. The molecule has 3 nitrogen and oxygen atoms in total. The number of H-pyrrole nitrogens is 1. The Morgan fingerprint density at radius 1 is 1.00 bits per heavy atom. The minimum absolute atomic E-state index is 0.0674. The number of carbonyl (C=O) groups is 2. The number of ketones is 2. The van der Waals surface area contributed by atoms with E-state index < -0.39 is 0 Å². The molecule has 1 aromatic heterocycles. The molecule has 20 heavy (non-hydrogen) atoms. The molecule has 1 N–H and O–H groups in total. The van der Waals surface area contributed by atoms with Gasteiger partial charge in [0.1, 0.15) is 0 Å². The summed E-state index contributed by atoms with van der Waals surface area (Å²) in [7, 11) is 0. The minimum Gasteiger partial charge on any atom is -0.351 e. The number of aromatic nitrogens is 1. The van der Waals surface area contributed by atoms with Crippen molar-refractivity contribution in [1.82, 2.24) is 4.98 Å². The van der Waals surface area contributed by atoms with Crippen LogP contribution in [0.2, 0.25) is 0 Å². The van der Waals surface area contributed by atoms with Crippen molar-refractivity contribution in [3.05, 3.63) is 59.3 Å². The van der Waals surface area contributed by atoms with Gasteiger partial charge < -0.3 is 4.98 Å². The third-order valence-electron chi connectivity index (χ3n) is 3.87. The Kier molecular flexibility index (Phi) is 2.05. The number of hydrogen-bond donors (Lipinski definition) is 1. The van der Waals surface area contributed by atoms with Crippen LogP contribution in [0, 0.1) is 0 Å². The SMILES string of the molecule is CC1=CC(=O)c2[nH]c3ccc4ccccc4c3c2C1=O. The molecule has 0 aliphatic heterocycles. The molecule has 0 amide bonds. The summed E-state index contributed by atoms with van der Waals surface area (Å²) in [5, 5.41) is 2.91. The third kappa shape index (κ3) is 1.29. The Morgan fingerprint density at radius 2 is 1.80 bits per heavy atom. The Balaban J connectivity index is 2.24. The minimum atomic E-state index is -0.127. The van der Waals surface area contributed by atoms with Crippen LogP contribution in [0.25, 0.3) is 21.7 Å². The van der Waals surface area contributed by atoms with Crippen molar-refractivity contribution in [2.75, 3.05) is 0 Å². The summed E-state index contributed by atoms with van der Waals surface area (Å²) in [5.41, 5.74) is 2.25. The zero-order valence-electron chi connectivity index (χ0n) is 10.9. The molecule has 2 aromatic carbocycles. The molecule has 0 unspecified atom stereocenters. The van der Waals surface area contributed by atoms with Gasteiger partial charge >= 0.3 is 0 Å². The standard InChI is InChI=1S/C17H11NO2/c1-9-8-13(19)16-15(17(9)20)14-11-5-3-2-4-10(11)6-7-12(14)18-16/h2-8,18H,1H3. The van der Waals surface area contributed by atoms with Gasteiger partial charge in [-0.25, -0.2) is 0 Å². The largest absolute Gasteiger partial charge is 0.351 e. The predicted molar refractivity (Wildman–Crippen MR) is 78.2 cm³/mol. The molecular weight excluding hydrogens is 250 g/mol. The highest BCUT2D eigenvalue weighted by Crippen LogP contribution is 2.34. The highest BCUT2D eigenvalue weighted by atomic mass is 16.1. The quantitative estimate of drug-likeness (QED) is 0.671. The first-order chi connectivity index (χ1) is 9.66. The van der Waals surface area contributed by atoms with Gasteiger partial charge in [0.25, 0.3) is 0 Å². The molecule has 0 saturated heterocycles. The zero-order chi connectivity index (χ0) is 13.9. The van der Waals surface area contributed by atoms with Crippen molar-refractivity contribution in [1.29, 1.82) is 0 Å². The summed E-state index contributed by atoms with van der Waals surface area (Å²) in [5.74, 6) is -0.195. The number of rotatable bonds is 0. The van der Waals surface area contributed by atoms with Crippen LogP contribution in [0.4, 0.5) is 0 Å². The maximum absolute atomic E-state index is 12.4. The molecule has 3 heteroatoms. The Morgan fingerprint density at radius 3 is 2.65 bits per heavy atom. The van der Waals surface area contributed by atoms with E-state index in [0.29, 0.717) is 16.8 Å². The normalized spacial score (nSPS) is 14.8. The van der Waals surface area contributed by atoms with Crippen molar-refractivity contribution in [2.45, 2.75) is 6.92 Å². The summed E-state index contributed by atoms with van der Waals surface area (Å²) in [4.78, 5) is 27.6. The molecule has 96 valence electrons. The second-order valence-electron chi connectivity index (χ2n) is 5.10. The fourth-order valence-corrected chi connectivity index (χ4v) is 2.91. The molecule has 1 aliphatic carbocycles. The van der Waals surface area contributed by atoms with Crippen molar-refractivity contribution in [3.63, 3.8) is 0 Å². The summed E-state index contributed by atoms with van der Waals surface area (Å²) < 4.78 is 0. The van der Waals surface area contributed by atoms with Crippen LogP contribution in [0.3, 0.4) is 0 Å². The molecule has 1 heterocycles. The first kappa shape index (κ1) is 11.2. The number of nitrogens with one attached hydrogen (secondary N) is 1. The lowest BCUT2D eigenvalue weighted by atomic mass is 9.92. The van der Waals surface area contributed by atoms with Gasteiger partial charge in [-0.15, -0.1) is 0 Å². The van der Waals surface area contributed by atoms with E-state index in [0.717, 1.165) is 21.7 Å². The van der Waals surface area contributed by atoms with Gasteiger partial charge in [-0.2, -0.15) is 0 Å². The summed E-state index contributed by atoms with van der Waals surface area (Å²) in [6.07, 6.45) is 1.40. The second-order valence-corrected chi connectivity index (χ2v) is 5.10. The summed E-state index contributed by atoms with van der Waals surface area (Å²) >= 11 is 0. The van der Waals surface area contributed by atoms with Gasteiger partial charge in [0.05, 0.1) is 11.3 Å². The third-order valence-corrected chi connectivity index (χ3v) is 3.87. The number of carbonyl (C=O) groups excluding carboxylic acids is 2. The number of aromatic amines is 1. The lowest BCUT2D eigenvalue weighted by Gasteiger charge is -2.08. The van der Waals surface area contributed by atoms with E-state index in [4.69, 9.17) is 0 Å². The number of Topliss-reactive ketones (excluding diaryl/α,β-unsaturated/α-hetero) is 1. The average molecular weight is 261 g/mol. The first-order valence-corrected chi connectivity index (χ1v) is 6.47. The first-order valence-electron chi connectivity index (χ1n) is 6.47. The van der Waals surface area contributed by atoms with Crippen LogP contribution in [0.5, 0.6) is 0 Å². The predicted octanol–water partition coefficient (Wildman–Crippen LogP) is 3.65. The monoisotopic (exact) mass is 261 g/mol. The Labute approximate surface area is 114 Å². The van der Waals surface area contributed by atoms with Crippen LogP contribution in [-0.2, 0) is 0 Å². The van der Waals surface area contributed by atoms with E-state index in [1.54, 1.807) is 6.92 Å². The van der Waals surface area contributed by atoms with Gasteiger partial charge in [0, 0.05) is 16.5 Å². The molecule has 0 spiro atoms. The highest BCUT2D eigenvalue weighted by Gasteiger charge is 2.28. The molecule has 4 rings (SSSR count). The van der Waals surface area contributed by atoms with E-state index >= 15 is 0 Å². The maximum Gasteiger partial charge on any atom is 0.203 e. The molecule has 0 bridgehead atoms. The second kappa shape index (κ2) is 3.67. The van der Waals surface area contributed by atoms with Gasteiger partial charge in [0.15, 0.2) is 5.78 Å². The smallest absolute Gasteiger partial charge is 0.203 e. The van der Waals surface area contributed by atoms with Gasteiger partial charge in [0.2, 0.25) is 5.78 Å². The lowest BCUT2D eigenvalue weighted by Crippen LogP contribution is -2.14. The maximum atomic E-state index is 12.4.